The lowest BCUT2D eigenvalue weighted by Crippen LogP contribution is -2.01. The van der Waals surface area contributed by atoms with Gasteiger partial charge in [0.25, 0.3) is 0 Å². The van der Waals surface area contributed by atoms with E-state index < -0.39 is 0 Å². The van der Waals surface area contributed by atoms with Gasteiger partial charge in [0.1, 0.15) is 0 Å². The monoisotopic (exact) mass is 274 g/mol. The van der Waals surface area contributed by atoms with Crippen molar-refractivity contribution in [2.45, 2.75) is 13.3 Å². The number of hydrogen-bond donors (Lipinski definition) is 1. The molecule has 1 N–H and O–H groups in total. The van der Waals surface area contributed by atoms with Crippen LogP contribution in [0.15, 0.2) is 10.5 Å². The van der Waals surface area contributed by atoms with E-state index in [0.717, 1.165) is 15.6 Å². The average molecular weight is 275 g/mol. The second kappa shape index (κ2) is 5.37. The van der Waals surface area contributed by atoms with Gasteiger partial charge >= 0.3 is 0 Å². The molecule has 1 aromatic carbocycles. The van der Waals surface area contributed by atoms with Crippen molar-refractivity contribution in [2.75, 3.05) is 20.8 Å². The minimum Gasteiger partial charge on any atom is -0.493 e. The molecule has 0 amide bonds. The highest BCUT2D eigenvalue weighted by Gasteiger charge is 2.15. The molecule has 0 bridgehead atoms. The zero-order valence-corrected chi connectivity index (χ0v) is 10.7. The van der Waals surface area contributed by atoms with Crippen LogP contribution in [0.5, 0.6) is 11.5 Å². The summed E-state index contributed by atoms with van der Waals surface area (Å²) in [5, 5.41) is 8.99. The van der Waals surface area contributed by atoms with E-state index in [-0.39, 0.29) is 6.61 Å². The molecule has 84 valence electrons. The van der Waals surface area contributed by atoms with Crippen molar-refractivity contribution in [2.24, 2.45) is 0 Å². The Balaban J connectivity index is 3.35. The van der Waals surface area contributed by atoms with Gasteiger partial charge < -0.3 is 14.6 Å². The molecule has 0 atom stereocenters. The van der Waals surface area contributed by atoms with Gasteiger partial charge in [0, 0.05) is 12.2 Å². The summed E-state index contributed by atoms with van der Waals surface area (Å²) in [6.45, 7) is 2.08. The Morgan fingerprint density at radius 3 is 2.33 bits per heavy atom. The van der Waals surface area contributed by atoms with Crippen LogP contribution in [0.1, 0.15) is 11.1 Å². The van der Waals surface area contributed by atoms with E-state index in [9.17, 15) is 0 Å². The highest BCUT2D eigenvalue weighted by Crippen LogP contribution is 2.40. The molecule has 0 unspecified atom stereocenters. The van der Waals surface area contributed by atoms with E-state index >= 15 is 0 Å². The van der Waals surface area contributed by atoms with Gasteiger partial charge in [-0.05, 0) is 40.9 Å². The third-order valence-electron chi connectivity index (χ3n) is 2.29. The Morgan fingerprint density at radius 2 is 1.87 bits per heavy atom. The first-order chi connectivity index (χ1) is 7.15. The summed E-state index contributed by atoms with van der Waals surface area (Å²) >= 11 is 3.42. The Kier molecular flexibility index (Phi) is 4.42. The van der Waals surface area contributed by atoms with Crippen molar-refractivity contribution in [3.63, 3.8) is 0 Å². The molecule has 0 aromatic heterocycles. The highest BCUT2D eigenvalue weighted by atomic mass is 79.9. The van der Waals surface area contributed by atoms with Crippen LogP contribution in [0.4, 0.5) is 0 Å². The van der Waals surface area contributed by atoms with E-state index in [1.807, 2.05) is 13.0 Å². The molecular formula is C11H15BrO3. The summed E-state index contributed by atoms with van der Waals surface area (Å²) in [5.41, 5.74) is 2.06. The van der Waals surface area contributed by atoms with Crippen LogP contribution in [-0.2, 0) is 6.42 Å². The fourth-order valence-electron chi connectivity index (χ4n) is 1.60. The fraction of sp³-hybridized carbons (Fsp3) is 0.455. The second-order valence-corrected chi connectivity index (χ2v) is 4.05. The predicted octanol–water partition coefficient (Wildman–Crippen LogP) is 2.31. The molecule has 0 aliphatic rings. The summed E-state index contributed by atoms with van der Waals surface area (Å²) in [6.07, 6.45) is 0.568. The number of aryl methyl sites for hydroxylation is 1. The number of aliphatic hydroxyl groups is 1. The molecule has 0 aliphatic heterocycles. The van der Waals surface area contributed by atoms with Gasteiger partial charge in [-0.2, -0.15) is 0 Å². The standard InChI is InChI=1S/C11H15BrO3/c1-7-6-9(12)11(15-3)10(14-2)8(7)4-5-13/h6,13H,4-5H2,1-3H3. The lowest BCUT2D eigenvalue weighted by molar-refractivity contribution is 0.294. The number of ether oxygens (including phenoxy) is 2. The molecule has 4 heteroatoms. The van der Waals surface area contributed by atoms with Gasteiger partial charge in [-0.3, -0.25) is 0 Å². The number of hydrogen-bond acceptors (Lipinski definition) is 3. The van der Waals surface area contributed by atoms with Crippen LogP contribution in [-0.4, -0.2) is 25.9 Å². The maximum absolute atomic E-state index is 8.99. The van der Waals surface area contributed by atoms with E-state index in [4.69, 9.17) is 14.6 Å². The summed E-state index contributed by atoms with van der Waals surface area (Å²) in [7, 11) is 3.20. The molecule has 0 radical (unpaired) electrons. The second-order valence-electron chi connectivity index (χ2n) is 3.19. The van der Waals surface area contributed by atoms with E-state index in [0.29, 0.717) is 17.9 Å². The molecule has 1 aromatic rings. The third-order valence-corrected chi connectivity index (χ3v) is 2.88. The van der Waals surface area contributed by atoms with Crippen molar-refractivity contribution >= 4 is 15.9 Å². The Morgan fingerprint density at radius 1 is 1.27 bits per heavy atom. The van der Waals surface area contributed by atoms with Crippen molar-refractivity contribution in [3.8, 4) is 11.5 Å². The quantitative estimate of drug-likeness (QED) is 0.916. The smallest absolute Gasteiger partial charge is 0.175 e. The zero-order valence-electron chi connectivity index (χ0n) is 9.13. The number of benzene rings is 1. The maximum Gasteiger partial charge on any atom is 0.175 e. The molecule has 0 heterocycles. The molecule has 0 aliphatic carbocycles. The summed E-state index contributed by atoms with van der Waals surface area (Å²) < 4.78 is 11.4. The Labute approximate surface area is 98.1 Å². The van der Waals surface area contributed by atoms with Crippen LogP contribution < -0.4 is 9.47 Å². The van der Waals surface area contributed by atoms with Gasteiger partial charge in [0.2, 0.25) is 0 Å². The largest absolute Gasteiger partial charge is 0.493 e. The lowest BCUT2D eigenvalue weighted by Gasteiger charge is -2.16. The van der Waals surface area contributed by atoms with Gasteiger partial charge in [-0.15, -0.1) is 0 Å². The fourth-order valence-corrected chi connectivity index (χ4v) is 2.28. The maximum atomic E-state index is 8.99. The van der Waals surface area contributed by atoms with Crippen molar-refractivity contribution < 1.29 is 14.6 Å². The van der Waals surface area contributed by atoms with Gasteiger partial charge in [-0.1, -0.05) is 0 Å². The van der Waals surface area contributed by atoms with E-state index in [1.54, 1.807) is 14.2 Å². The van der Waals surface area contributed by atoms with Crippen LogP contribution in [0.2, 0.25) is 0 Å². The molecule has 3 nitrogen and oxygen atoms in total. The first-order valence-electron chi connectivity index (χ1n) is 4.66. The molecule has 1 rings (SSSR count). The highest BCUT2D eigenvalue weighted by molar-refractivity contribution is 9.10. The third kappa shape index (κ3) is 2.44. The van der Waals surface area contributed by atoms with Gasteiger partial charge in [-0.25, -0.2) is 0 Å². The molecule has 0 fully saturated rings. The van der Waals surface area contributed by atoms with Crippen molar-refractivity contribution in [1.29, 1.82) is 0 Å². The van der Waals surface area contributed by atoms with Crippen LogP contribution in [0.3, 0.4) is 0 Å². The number of halogens is 1. The first-order valence-corrected chi connectivity index (χ1v) is 5.45. The first kappa shape index (κ1) is 12.3. The van der Waals surface area contributed by atoms with Crippen molar-refractivity contribution in [1.82, 2.24) is 0 Å². The predicted molar refractivity (Wildman–Crippen MR) is 62.8 cm³/mol. The van der Waals surface area contributed by atoms with E-state index in [1.165, 1.54) is 0 Å². The SMILES string of the molecule is COc1c(Br)cc(C)c(CCO)c1OC. The van der Waals surface area contributed by atoms with Gasteiger partial charge in [0.05, 0.1) is 18.7 Å². The molecular weight excluding hydrogens is 260 g/mol. The molecule has 15 heavy (non-hydrogen) atoms. The minimum atomic E-state index is 0.0992. The Bertz CT molecular complexity index is 350. The minimum absolute atomic E-state index is 0.0992. The lowest BCUT2D eigenvalue weighted by atomic mass is 10.0. The zero-order chi connectivity index (χ0) is 11.4. The van der Waals surface area contributed by atoms with E-state index in [2.05, 4.69) is 15.9 Å². The average Bonchev–Trinajstić information content (AvgIpc) is 2.21. The normalized spacial score (nSPS) is 10.2. The molecule has 0 spiro atoms. The van der Waals surface area contributed by atoms with Crippen LogP contribution >= 0.6 is 15.9 Å². The number of aliphatic hydroxyl groups excluding tert-OH is 1. The summed E-state index contributed by atoms with van der Waals surface area (Å²) in [4.78, 5) is 0. The Hall–Kier alpha value is -0.740. The molecule has 0 saturated carbocycles. The van der Waals surface area contributed by atoms with Crippen molar-refractivity contribution in [3.05, 3.63) is 21.7 Å². The van der Waals surface area contributed by atoms with Gasteiger partial charge in [0.15, 0.2) is 11.5 Å². The number of rotatable bonds is 4. The summed E-state index contributed by atoms with van der Waals surface area (Å²) in [5.74, 6) is 1.37. The summed E-state index contributed by atoms with van der Waals surface area (Å²) in [6, 6.07) is 1.96. The van der Waals surface area contributed by atoms with Crippen LogP contribution in [0, 0.1) is 6.92 Å². The topological polar surface area (TPSA) is 38.7 Å². The number of methoxy groups -OCH3 is 2. The van der Waals surface area contributed by atoms with Crippen LogP contribution in [0.25, 0.3) is 0 Å². The molecule has 0 saturated heterocycles.